The van der Waals surface area contributed by atoms with E-state index in [-0.39, 0.29) is 5.69 Å². The molecule has 0 aliphatic rings. The van der Waals surface area contributed by atoms with Crippen LogP contribution in [0.1, 0.15) is 16.3 Å². The number of aryl methyl sites for hydroxylation is 1. The quantitative estimate of drug-likeness (QED) is 0.726. The summed E-state index contributed by atoms with van der Waals surface area (Å²) >= 11 is 0. The van der Waals surface area contributed by atoms with Gasteiger partial charge in [-0.3, -0.25) is 0 Å². The summed E-state index contributed by atoms with van der Waals surface area (Å²) in [5.74, 6) is -0.233. The second-order valence-corrected chi connectivity index (χ2v) is 3.20. The Balaban J connectivity index is 2.90. The molecule has 0 aliphatic carbocycles. The highest BCUT2D eigenvalue weighted by atomic mass is 16.4. The van der Waals surface area contributed by atoms with Gasteiger partial charge in [0.25, 0.3) is 0 Å². The van der Waals surface area contributed by atoms with Crippen molar-refractivity contribution in [3.63, 3.8) is 0 Å². The summed E-state index contributed by atoms with van der Waals surface area (Å²) in [6, 6.07) is 0. The molecule has 0 unspecified atom stereocenters. The molecule has 5 heteroatoms. The van der Waals surface area contributed by atoms with Crippen molar-refractivity contribution in [2.75, 3.05) is 14.1 Å². The monoisotopic (exact) mass is 183 g/mol. The number of imidazole rings is 1. The molecule has 0 aliphatic heterocycles. The Morgan fingerprint density at radius 1 is 1.69 bits per heavy atom. The average Bonchev–Trinajstić information content (AvgIpc) is 2.31. The van der Waals surface area contributed by atoms with Crippen LogP contribution in [0.2, 0.25) is 0 Å². The average molecular weight is 183 g/mol. The maximum absolute atomic E-state index is 10.6. The van der Waals surface area contributed by atoms with Crippen molar-refractivity contribution < 1.29 is 9.90 Å². The van der Waals surface area contributed by atoms with E-state index in [1.54, 1.807) is 11.6 Å². The van der Waals surface area contributed by atoms with Crippen LogP contribution < -0.4 is 0 Å². The lowest BCUT2D eigenvalue weighted by Crippen LogP contribution is -2.14. The molecule has 1 aromatic rings. The lowest BCUT2D eigenvalue weighted by Gasteiger charge is -2.07. The first-order valence-corrected chi connectivity index (χ1v) is 3.91. The van der Waals surface area contributed by atoms with Crippen LogP contribution in [0.25, 0.3) is 0 Å². The van der Waals surface area contributed by atoms with E-state index < -0.39 is 5.97 Å². The molecule has 1 N–H and O–H groups in total. The number of carboxylic acid groups (broad SMARTS) is 1. The molecule has 0 amide bonds. The van der Waals surface area contributed by atoms with Crippen molar-refractivity contribution in [1.29, 1.82) is 0 Å². The van der Waals surface area contributed by atoms with E-state index in [0.717, 1.165) is 5.82 Å². The molecule has 0 saturated carbocycles. The van der Waals surface area contributed by atoms with Crippen LogP contribution in [-0.2, 0) is 13.6 Å². The number of nitrogens with zero attached hydrogens (tertiary/aromatic N) is 3. The van der Waals surface area contributed by atoms with E-state index >= 15 is 0 Å². The maximum atomic E-state index is 10.6. The molecule has 13 heavy (non-hydrogen) atoms. The molecule has 0 radical (unpaired) electrons. The second-order valence-electron chi connectivity index (χ2n) is 3.20. The van der Waals surface area contributed by atoms with Gasteiger partial charge in [0.05, 0.1) is 6.54 Å². The Hall–Kier alpha value is -1.36. The Morgan fingerprint density at radius 2 is 2.31 bits per heavy atom. The number of aromatic nitrogens is 2. The molecule has 1 aromatic heterocycles. The summed E-state index contributed by atoms with van der Waals surface area (Å²) in [5, 5.41) is 8.67. The highest BCUT2D eigenvalue weighted by Gasteiger charge is 2.10. The summed E-state index contributed by atoms with van der Waals surface area (Å²) < 4.78 is 1.73. The fourth-order valence-corrected chi connectivity index (χ4v) is 1.04. The van der Waals surface area contributed by atoms with Crippen LogP contribution in [0.3, 0.4) is 0 Å². The Bertz CT molecular complexity index is 317. The summed E-state index contributed by atoms with van der Waals surface area (Å²) in [5.41, 5.74) is 0.0966. The first-order chi connectivity index (χ1) is 6.00. The van der Waals surface area contributed by atoms with E-state index in [2.05, 4.69) is 4.98 Å². The van der Waals surface area contributed by atoms with Crippen molar-refractivity contribution in [1.82, 2.24) is 14.5 Å². The first-order valence-electron chi connectivity index (χ1n) is 3.91. The summed E-state index contributed by atoms with van der Waals surface area (Å²) in [7, 11) is 5.61. The molecule has 0 bridgehead atoms. The van der Waals surface area contributed by atoms with Gasteiger partial charge in [0.15, 0.2) is 5.69 Å². The van der Waals surface area contributed by atoms with Crippen molar-refractivity contribution in [3.8, 4) is 0 Å². The highest BCUT2D eigenvalue weighted by Crippen LogP contribution is 2.03. The van der Waals surface area contributed by atoms with Crippen LogP contribution in [0.5, 0.6) is 0 Å². The molecular weight excluding hydrogens is 170 g/mol. The van der Waals surface area contributed by atoms with Gasteiger partial charge >= 0.3 is 5.97 Å². The predicted octanol–water partition coefficient (Wildman–Crippen LogP) is 0.180. The number of carboxylic acids is 1. The molecule has 1 rings (SSSR count). The molecule has 0 saturated heterocycles. The SMILES string of the molecule is CN(C)Cc1nc(C(=O)O)cn1C. The zero-order valence-corrected chi connectivity index (χ0v) is 7.98. The lowest BCUT2D eigenvalue weighted by molar-refractivity contribution is 0.0690. The van der Waals surface area contributed by atoms with Crippen molar-refractivity contribution in [2.24, 2.45) is 7.05 Å². The topological polar surface area (TPSA) is 58.4 Å². The van der Waals surface area contributed by atoms with Crippen LogP contribution in [0.4, 0.5) is 0 Å². The van der Waals surface area contributed by atoms with E-state index in [4.69, 9.17) is 5.11 Å². The molecule has 0 fully saturated rings. The van der Waals surface area contributed by atoms with E-state index in [9.17, 15) is 4.79 Å². The van der Waals surface area contributed by atoms with Gasteiger partial charge in [0, 0.05) is 13.2 Å². The van der Waals surface area contributed by atoms with Crippen molar-refractivity contribution in [3.05, 3.63) is 17.7 Å². The van der Waals surface area contributed by atoms with Gasteiger partial charge < -0.3 is 14.6 Å². The molecule has 0 atom stereocenters. The van der Waals surface area contributed by atoms with Crippen LogP contribution in [0.15, 0.2) is 6.20 Å². The van der Waals surface area contributed by atoms with Gasteiger partial charge in [-0.2, -0.15) is 0 Å². The summed E-state index contributed by atoms with van der Waals surface area (Å²) in [6.45, 7) is 0.643. The second kappa shape index (κ2) is 3.57. The number of aromatic carboxylic acids is 1. The third-order valence-corrected chi connectivity index (χ3v) is 1.65. The number of hydrogen-bond donors (Lipinski definition) is 1. The van der Waals surface area contributed by atoms with Crippen molar-refractivity contribution >= 4 is 5.97 Å². The zero-order chi connectivity index (χ0) is 10.0. The number of hydrogen-bond acceptors (Lipinski definition) is 3. The summed E-state index contributed by atoms with van der Waals surface area (Å²) in [4.78, 5) is 16.5. The van der Waals surface area contributed by atoms with Gasteiger partial charge in [-0.15, -0.1) is 0 Å². The Kier molecular flexibility index (Phi) is 2.67. The predicted molar refractivity (Wildman–Crippen MR) is 47.6 cm³/mol. The minimum atomic E-state index is -0.986. The van der Waals surface area contributed by atoms with Crippen LogP contribution in [0, 0.1) is 0 Å². The minimum absolute atomic E-state index is 0.0966. The third kappa shape index (κ3) is 2.29. The van der Waals surface area contributed by atoms with Gasteiger partial charge in [-0.05, 0) is 14.1 Å². The largest absolute Gasteiger partial charge is 0.476 e. The first kappa shape index (κ1) is 9.73. The fraction of sp³-hybridized carbons (Fsp3) is 0.500. The van der Waals surface area contributed by atoms with Gasteiger partial charge in [0.1, 0.15) is 5.82 Å². The summed E-state index contributed by atoms with van der Waals surface area (Å²) in [6.07, 6.45) is 1.52. The van der Waals surface area contributed by atoms with Gasteiger partial charge in [0.2, 0.25) is 0 Å². The smallest absolute Gasteiger partial charge is 0.356 e. The molecule has 0 spiro atoms. The zero-order valence-electron chi connectivity index (χ0n) is 7.98. The van der Waals surface area contributed by atoms with Crippen molar-refractivity contribution in [2.45, 2.75) is 6.54 Å². The Morgan fingerprint density at radius 3 is 2.69 bits per heavy atom. The van der Waals surface area contributed by atoms with Gasteiger partial charge in [-0.1, -0.05) is 0 Å². The molecule has 0 aromatic carbocycles. The standard InChI is InChI=1S/C8H13N3O2/c1-10(2)5-7-9-6(8(12)13)4-11(7)3/h4H,5H2,1-3H3,(H,12,13). The van der Waals surface area contributed by atoms with E-state index in [0.29, 0.717) is 6.54 Å². The normalized spacial score (nSPS) is 10.8. The molecule has 5 nitrogen and oxygen atoms in total. The van der Waals surface area contributed by atoms with E-state index in [1.807, 2.05) is 19.0 Å². The maximum Gasteiger partial charge on any atom is 0.356 e. The fourth-order valence-electron chi connectivity index (χ4n) is 1.04. The number of rotatable bonds is 3. The third-order valence-electron chi connectivity index (χ3n) is 1.65. The van der Waals surface area contributed by atoms with Crippen LogP contribution in [-0.4, -0.2) is 39.6 Å². The molecule has 1 heterocycles. The molecule has 72 valence electrons. The van der Waals surface area contributed by atoms with Gasteiger partial charge in [-0.25, -0.2) is 9.78 Å². The molecular formula is C8H13N3O2. The van der Waals surface area contributed by atoms with E-state index in [1.165, 1.54) is 6.20 Å². The highest BCUT2D eigenvalue weighted by molar-refractivity contribution is 5.85. The minimum Gasteiger partial charge on any atom is -0.476 e. The van der Waals surface area contributed by atoms with Crippen LogP contribution >= 0.6 is 0 Å². The number of carbonyl (C=O) groups is 1. The Labute approximate surface area is 76.6 Å². The lowest BCUT2D eigenvalue weighted by atomic mass is 10.5.